The van der Waals surface area contributed by atoms with E-state index in [4.69, 9.17) is 0 Å². The molecule has 0 bridgehead atoms. The zero-order valence-electron chi connectivity index (χ0n) is 11.2. The van der Waals surface area contributed by atoms with Crippen molar-refractivity contribution >= 4 is 27.3 Å². The molecular formula is C16H17BrO2. The molecule has 2 aliphatic carbocycles. The zero-order valence-corrected chi connectivity index (χ0v) is 12.8. The van der Waals surface area contributed by atoms with Crippen molar-refractivity contribution in [3.63, 3.8) is 0 Å². The number of aromatic hydroxyl groups is 1. The van der Waals surface area contributed by atoms with Crippen LogP contribution in [0.3, 0.4) is 0 Å². The van der Waals surface area contributed by atoms with Gasteiger partial charge in [0, 0.05) is 5.92 Å². The molecule has 1 fully saturated rings. The van der Waals surface area contributed by atoms with Crippen molar-refractivity contribution in [2.45, 2.75) is 33.1 Å². The Morgan fingerprint density at radius 3 is 2.37 bits per heavy atom. The number of phenols is 1. The Hall–Kier alpha value is -1.09. The largest absolute Gasteiger partial charge is 0.507 e. The SMILES string of the molecule is Cc1cc(C2=C(Br)C(=O)C3CCCC23)cc(C)c1O. The van der Waals surface area contributed by atoms with Gasteiger partial charge in [0.05, 0.1) is 4.48 Å². The quantitative estimate of drug-likeness (QED) is 0.845. The standard InChI is InChI=1S/C16H17BrO2/c1-8-6-10(7-9(2)15(8)18)13-11-4-3-5-12(11)16(19)14(13)17/h6-7,11-12,18H,3-5H2,1-2H3. The molecule has 0 aliphatic heterocycles. The molecule has 100 valence electrons. The van der Waals surface area contributed by atoms with Crippen molar-refractivity contribution in [3.8, 4) is 5.75 Å². The van der Waals surface area contributed by atoms with Gasteiger partial charge in [0.25, 0.3) is 0 Å². The summed E-state index contributed by atoms with van der Waals surface area (Å²) in [7, 11) is 0. The third kappa shape index (κ3) is 1.86. The number of carbonyl (C=O) groups excluding carboxylic acids is 1. The number of benzene rings is 1. The van der Waals surface area contributed by atoms with E-state index < -0.39 is 0 Å². The Bertz CT molecular complexity index is 578. The second kappa shape index (κ2) is 4.48. The first-order valence-corrected chi connectivity index (χ1v) is 7.54. The normalized spacial score (nSPS) is 26.2. The predicted octanol–water partition coefficient (Wildman–Crippen LogP) is 4.11. The number of hydrogen-bond acceptors (Lipinski definition) is 2. The summed E-state index contributed by atoms with van der Waals surface area (Å²) < 4.78 is 0.756. The van der Waals surface area contributed by atoms with E-state index in [1.165, 1.54) is 0 Å². The highest BCUT2D eigenvalue weighted by atomic mass is 79.9. The van der Waals surface area contributed by atoms with E-state index in [0.29, 0.717) is 11.7 Å². The van der Waals surface area contributed by atoms with Crippen LogP contribution in [-0.4, -0.2) is 10.9 Å². The van der Waals surface area contributed by atoms with Gasteiger partial charge in [0.2, 0.25) is 0 Å². The van der Waals surface area contributed by atoms with Gasteiger partial charge in [0.1, 0.15) is 5.75 Å². The summed E-state index contributed by atoms with van der Waals surface area (Å²) in [6.07, 6.45) is 3.25. The minimum absolute atomic E-state index is 0.179. The first-order valence-electron chi connectivity index (χ1n) is 6.75. The number of rotatable bonds is 1. The van der Waals surface area contributed by atoms with Crippen molar-refractivity contribution < 1.29 is 9.90 Å². The lowest BCUT2D eigenvalue weighted by atomic mass is 9.89. The summed E-state index contributed by atoms with van der Waals surface area (Å²) in [4.78, 5) is 12.3. The lowest BCUT2D eigenvalue weighted by Crippen LogP contribution is -2.10. The summed E-state index contributed by atoms with van der Waals surface area (Å²) >= 11 is 3.50. The second-order valence-corrected chi connectivity index (χ2v) is 6.49. The van der Waals surface area contributed by atoms with Crippen LogP contribution in [0.4, 0.5) is 0 Å². The molecule has 1 aromatic carbocycles. The van der Waals surface area contributed by atoms with Gasteiger partial charge in [-0.2, -0.15) is 0 Å². The molecule has 0 radical (unpaired) electrons. The van der Waals surface area contributed by atoms with Crippen LogP contribution in [0, 0.1) is 25.7 Å². The van der Waals surface area contributed by atoms with Crippen LogP contribution in [0.1, 0.15) is 36.0 Å². The summed E-state index contributed by atoms with van der Waals surface area (Å²) in [6.45, 7) is 3.81. The van der Waals surface area contributed by atoms with Crippen LogP contribution in [0.25, 0.3) is 5.57 Å². The van der Waals surface area contributed by atoms with Crippen molar-refractivity contribution in [2.24, 2.45) is 11.8 Å². The first kappa shape index (κ1) is 12.9. The monoisotopic (exact) mass is 320 g/mol. The fourth-order valence-corrected chi connectivity index (χ4v) is 4.35. The van der Waals surface area contributed by atoms with Crippen LogP contribution >= 0.6 is 15.9 Å². The van der Waals surface area contributed by atoms with Crippen LogP contribution in [0.15, 0.2) is 16.6 Å². The smallest absolute Gasteiger partial charge is 0.173 e. The highest BCUT2D eigenvalue weighted by Gasteiger charge is 2.43. The average molecular weight is 321 g/mol. The number of aryl methyl sites for hydroxylation is 2. The van der Waals surface area contributed by atoms with E-state index in [1.54, 1.807) is 0 Å². The summed E-state index contributed by atoms with van der Waals surface area (Å²) in [5, 5.41) is 9.88. The molecule has 1 N–H and O–H groups in total. The van der Waals surface area contributed by atoms with Crippen LogP contribution < -0.4 is 0 Å². The number of hydrogen-bond donors (Lipinski definition) is 1. The number of phenolic OH excluding ortho intramolecular Hbond substituents is 1. The Labute approximate surface area is 121 Å². The molecule has 0 amide bonds. The van der Waals surface area contributed by atoms with Crippen LogP contribution in [0.2, 0.25) is 0 Å². The highest BCUT2D eigenvalue weighted by Crippen LogP contribution is 2.51. The zero-order chi connectivity index (χ0) is 13.7. The number of carbonyl (C=O) groups is 1. The van der Waals surface area contributed by atoms with Gasteiger partial charge in [0.15, 0.2) is 5.78 Å². The summed E-state index contributed by atoms with van der Waals surface area (Å²) in [5.74, 6) is 1.16. The molecule has 1 aromatic rings. The van der Waals surface area contributed by atoms with Crippen molar-refractivity contribution in [2.75, 3.05) is 0 Å². The molecule has 3 rings (SSSR count). The van der Waals surface area contributed by atoms with Crippen molar-refractivity contribution in [3.05, 3.63) is 33.3 Å². The molecule has 2 unspecified atom stereocenters. The summed E-state index contributed by atoms with van der Waals surface area (Å²) in [5.41, 5.74) is 3.98. The Morgan fingerprint density at radius 1 is 1.16 bits per heavy atom. The third-order valence-corrected chi connectivity index (χ3v) is 5.30. The van der Waals surface area contributed by atoms with Gasteiger partial charge in [-0.05, 0) is 82.9 Å². The topological polar surface area (TPSA) is 37.3 Å². The van der Waals surface area contributed by atoms with Crippen molar-refractivity contribution in [1.29, 1.82) is 0 Å². The van der Waals surface area contributed by atoms with Crippen molar-refractivity contribution in [1.82, 2.24) is 0 Å². The number of halogens is 1. The second-order valence-electron chi connectivity index (χ2n) is 5.69. The molecule has 2 aliphatic rings. The minimum atomic E-state index is 0.179. The first-order chi connectivity index (χ1) is 9.00. The van der Waals surface area contributed by atoms with Crippen LogP contribution in [-0.2, 0) is 4.79 Å². The van der Waals surface area contributed by atoms with Gasteiger partial charge < -0.3 is 5.11 Å². The van der Waals surface area contributed by atoms with Gasteiger partial charge in [-0.15, -0.1) is 0 Å². The molecule has 0 aromatic heterocycles. The van der Waals surface area contributed by atoms with E-state index in [-0.39, 0.29) is 11.7 Å². The van der Waals surface area contributed by atoms with Gasteiger partial charge >= 0.3 is 0 Å². The number of fused-ring (bicyclic) bond motifs is 1. The third-order valence-electron chi connectivity index (χ3n) is 4.48. The van der Waals surface area contributed by atoms with Gasteiger partial charge in [-0.3, -0.25) is 4.79 Å². The van der Waals surface area contributed by atoms with Crippen LogP contribution in [0.5, 0.6) is 5.75 Å². The Morgan fingerprint density at radius 2 is 1.74 bits per heavy atom. The van der Waals surface area contributed by atoms with E-state index in [9.17, 15) is 9.90 Å². The molecule has 0 heterocycles. The lowest BCUT2D eigenvalue weighted by molar-refractivity contribution is -0.118. The maximum Gasteiger partial charge on any atom is 0.173 e. The number of ketones is 1. The molecule has 3 heteroatoms. The highest BCUT2D eigenvalue weighted by molar-refractivity contribution is 9.12. The maximum atomic E-state index is 12.3. The van der Waals surface area contributed by atoms with E-state index in [1.807, 2.05) is 26.0 Å². The fourth-order valence-electron chi connectivity index (χ4n) is 3.53. The number of Topliss-reactive ketones (excluding diaryl/α,β-unsaturated/α-hetero) is 1. The molecule has 0 spiro atoms. The molecule has 0 saturated heterocycles. The number of allylic oxidation sites excluding steroid dienone is 2. The maximum absolute atomic E-state index is 12.3. The lowest BCUT2D eigenvalue weighted by Gasteiger charge is -2.15. The Balaban J connectivity index is 2.13. The molecule has 2 nitrogen and oxygen atoms in total. The molecule has 1 saturated carbocycles. The predicted molar refractivity (Wildman–Crippen MR) is 79.3 cm³/mol. The van der Waals surface area contributed by atoms with Gasteiger partial charge in [-0.1, -0.05) is 6.42 Å². The minimum Gasteiger partial charge on any atom is -0.507 e. The average Bonchev–Trinajstić information content (AvgIpc) is 2.91. The van der Waals surface area contributed by atoms with E-state index >= 15 is 0 Å². The summed E-state index contributed by atoms with van der Waals surface area (Å²) in [6, 6.07) is 3.99. The van der Waals surface area contributed by atoms with E-state index in [2.05, 4.69) is 15.9 Å². The molecule has 2 atom stereocenters. The van der Waals surface area contributed by atoms with Gasteiger partial charge in [-0.25, -0.2) is 0 Å². The fraction of sp³-hybridized carbons (Fsp3) is 0.438. The molecular weight excluding hydrogens is 304 g/mol. The Kier molecular flexibility index (Phi) is 3.05. The molecule has 19 heavy (non-hydrogen) atoms. The van der Waals surface area contributed by atoms with E-state index in [0.717, 1.165) is 46.0 Å².